The Morgan fingerprint density at radius 1 is 1.03 bits per heavy atom. The molecule has 8 heteroatoms. The highest BCUT2D eigenvalue weighted by molar-refractivity contribution is 7.90. The van der Waals surface area contributed by atoms with Gasteiger partial charge in [0.05, 0.1) is 11.5 Å². The highest BCUT2D eigenvalue weighted by Crippen LogP contribution is 2.17. The van der Waals surface area contributed by atoms with Crippen LogP contribution >= 0.6 is 0 Å². The van der Waals surface area contributed by atoms with E-state index in [9.17, 15) is 13.2 Å². The molecule has 0 saturated carbocycles. The third-order valence-electron chi connectivity index (χ3n) is 4.48. The Hall–Kier alpha value is -2.87. The maximum absolute atomic E-state index is 12.6. The molecule has 0 aliphatic carbocycles. The molecule has 0 spiro atoms. The van der Waals surface area contributed by atoms with E-state index in [1.165, 1.54) is 12.1 Å². The van der Waals surface area contributed by atoms with Gasteiger partial charge in [-0.1, -0.05) is 6.42 Å². The van der Waals surface area contributed by atoms with Crippen molar-refractivity contribution in [3.8, 4) is 5.75 Å². The quantitative estimate of drug-likeness (QED) is 0.753. The van der Waals surface area contributed by atoms with Gasteiger partial charge in [0.1, 0.15) is 11.6 Å². The summed E-state index contributed by atoms with van der Waals surface area (Å²) in [6.45, 7) is 3.10. The van der Waals surface area contributed by atoms with E-state index in [-0.39, 0.29) is 10.8 Å². The average molecular weight is 416 g/mol. The fraction of sp³-hybridized carbons (Fsp3) is 0.333. The van der Waals surface area contributed by atoms with Crippen LogP contribution < -0.4 is 14.8 Å². The zero-order valence-electron chi connectivity index (χ0n) is 16.3. The number of aliphatic imine (C=N–C) groups is 1. The Kier molecular flexibility index (Phi) is 6.87. The van der Waals surface area contributed by atoms with Gasteiger partial charge in [0.2, 0.25) is 0 Å². The number of carbonyl (C=O) groups excluding carboxylic acids is 1. The van der Waals surface area contributed by atoms with Crippen molar-refractivity contribution >= 4 is 27.5 Å². The minimum absolute atomic E-state index is 0.128. The molecule has 0 saturated heterocycles. The molecule has 0 atom stereocenters. The van der Waals surface area contributed by atoms with Crippen molar-refractivity contribution in [1.82, 2.24) is 4.72 Å². The second kappa shape index (κ2) is 9.56. The third-order valence-corrected chi connectivity index (χ3v) is 5.87. The molecule has 154 valence electrons. The molecule has 2 aromatic rings. The minimum Gasteiger partial charge on any atom is -0.494 e. The van der Waals surface area contributed by atoms with Gasteiger partial charge < -0.3 is 10.1 Å². The molecule has 2 N–H and O–H groups in total. The molecule has 0 fully saturated rings. The van der Waals surface area contributed by atoms with Crippen LogP contribution in [0.15, 0.2) is 58.4 Å². The summed E-state index contributed by atoms with van der Waals surface area (Å²) in [4.78, 5) is 16.8. The second-order valence-corrected chi connectivity index (χ2v) is 8.36. The van der Waals surface area contributed by atoms with Gasteiger partial charge >= 0.3 is 0 Å². The van der Waals surface area contributed by atoms with Crippen LogP contribution in [0.5, 0.6) is 5.75 Å². The highest BCUT2D eigenvalue weighted by Gasteiger charge is 2.17. The van der Waals surface area contributed by atoms with Crippen molar-refractivity contribution in [2.75, 3.05) is 18.5 Å². The fourth-order valence-electron chi connectivity index (χ4n) is 2.96. The Labute approximate surface area is 171 Å². The second-order valence-electron chi connectivity index (χ2n) is 6.68. The number of amides is 1. The molecular weight excluding hydrogens is 390 g/mol. The van der Waals surface area contributed by atoms with E-state index in [0.717, 1.165) is 19.3 Å². The number of ether oxygens (including phenoxy) is 1. The molecule has 0 bridgehead atoms. The maximum atomic E-state index is 12.6. The standard InChI is InChI=1S/C21H25N3O4S/c1-2-28-18-11-7-16(8-12-18)21(25)23-17-9-13-19(14-10-17)29(26,27)24-20-6-4-3-5-15-22-20/h7-14H,2-6,15H2,1H3,(H,22,24)(H,23,25). The number of hydrogen-bond donors (Lipinski definition) is 2. The van der Waals surface area contributed by atoms with E-state index in [1.54, 1.807) is 36.4 Å². The van der Waals surface area contributed by atoms with Gasteiger partial charge in [0, 0.05) is 24.2 Å². The van der Waals surface area contributed by atoms with Crippen molar-refractivity contribution in [3.05, 3.63) is 54.1 Å². The zero-order valence-corrected chi connectivity index (χ0v) is 17.2. The lowest BCUT2D eigenvalue weighted by Crippen LogP contribution is -2.30. The Bertz CT molecular complexity index is 968. The first-order valence-electron chi connectivity index (χ1n) is 9.68. The van der Waals surface area contributed by atoms with Crippen LogP contribution in [-0.2, 0) is 10.0 Å². The number of hydrogen-bond acceptors (Lipinski definition) is 5. The van der Waals surface area contributed by atoms with Crippen molar-refractivity contribution in [2.45, 2.75) is 37.5 Å². The van der Waals surface area contributed by atoms with E-state index >= 15 is 0 Å². The van der Waals surface area contributed by atoms with Crippen LogP contribution in [0.25, 0.3) is 0 Å². The van der Waals surface area contributed by atoms with Gasteiger partial charge in [-0.05, 0) is 68.3 Å². The normalized spacial score (nSPS) is 14.4. The number of sulfonamides is 1. The van der Waals surface area contributed by atoms with Gasteiger partial charge in [0.25, 0.3) is 15.9 Å². The Morgan fingerprint density at radius 3 is 2.45 bits per heavy atom. The topological polar surface area (TPSA) is 96.9 Å². The molecule has 2 aromatic carbocycles. The van der Waals surface area contributed by atoms with Crippen LogP contribution in [-0.4, -0.2) is 33.3 Å². The van der Waals surface area contributed by atoms with E-state index in [0.29, 0.717) is 42.4 Å². The highest BCUT2D eigenvalue weighted by atomic mass is 32.2. The number of nitrogens with one attached hydrogen (secondary N) is 2. The smallest absolute Gasteiger partial charge is 0.262 e. The van der Waals surface area contributed by atoms with Gasteiger partial charge in [-0.15, -0.1) is 0 Å². The van der Waals surface area contributed by atoms with Gasteiger partial charge in [-0.2, -0.15) is 0 Å². The number of nitrogens with zero attached hydrogens (tertiary/aromatic N) is 1. The van der Waals surface area contributed by atoms with Crippen LogP contribution in [0.3, 0.4) is 0 Å². The monoisotopic (exact) mass is 415 g/mol. The number of carbonyl (C=O) groups is 1. The minimum atomic E-state index is -3.69. The summed E-state index contributed by atoms with van der Waals surface area (Å²) in [7, 11) is -3.69. The summed E-state index contributed by atoms with van der Waals surface area (Å²) in [6, 6.07) is 12.9. The first-order chi connectivity index (χ1) is 14.0. The van der Waals surface area contributed by atoms with Crippen molar-refractivity contribution in [1.29, 1.82) is 0 Å². The van der Waals surface area contributed by atoms with Crippen LogP contribution in [0, 0.1) is 0 Å². The molecule has 0 aromatic heterocycles. The van der Waals surface area contributed by atoms with Gasteiger partial charge in [0.15, 0.2) is 0 Å². The number of amidine groups is 1. The SMILES string of the molecule is CCOc1ccc(C(=O)Nc2ccc(S(=O)(=O)NC3=NCCCCC3)cc2)cc1. The van der Waals surface area contributed by atoms with E-state index in [2.05, 4.69) is 15.0 Å². The molecule has 1 heterocycles. The number of rotatable bonds is 6. The summed E-state index contributed by atoms with van der Waals surface area (Å²) in [5.41, 5.74) is 0.993. The molecule has 29 heavy (non-hydrogen) atoms. The first kappa shape index (κ1) is 20.9. The maximum Gasteiger partial charge on any atom is 0.262 e. The Balaban J connectivity index is 1.64. The molecule has 1 amide bonds. The molecular formula is C21H25N3O4S. The molecule has 3 rings (SSSR count). The summed E-state index contributed by atoms with van der Waals surface area (Å²) < 4.78 is 33.1. The van der Waals surface area contributed by atoms with Gasteiger partial charge in [-0.3, -0.25) is 14.5 Å². The summed E-state index contributed by atoms with van der Waals surface area (Å²) in [5.74, 6) is 0.925. The van der Waals surface area contributed by atoms with E-state index < -0.39 is 10.0 Å². The summed E-state index contributed by atoms with van der Waals surface area (Å²) >= 11 is 0. The van der Waals surface area contributed by atoms with Crippen LogP contribution in [0.2, 0.25) is 0 Å². The van der Waals surface area contributed by atoms with Crippen LogP contribution in [0.1, 0.15) is 43.0 Å². The fourth-order valence-corrected chi connectivity index (χ4v) is 4.05. The summed E-state index contributed by atoms with van der Waals surface area (Å²) in [5, 5.41) is 2.76. The molecule has 1 aliphatic rings. The first-order valence-corrected chi connectivity index (χ1v) is 11.2. The molecule has 0 radical (unpaired) electrons. The lowest BCUT2D eigenvalue weighted by atomic mass is 10.2. The average Bonchev–Trinajstić information content (AvgIpc) is 2.97. The van der Waals surface area contributed by atoms with E-state index in [4.69, 9.17) is 4.74 Å². The predicted octanol–water partition coefficient (Wildman–Crippen LogP) is 3.59. The Morgan fingerprint density at radius 2 is 1.76 bits per heavy atom. The van der Waals surface area contributed by atoms with Crippen LogP contribution in [0.4, 0.5) is 5.69 Å². The van der Waals surface area contributed by atoms with Crippen molar-refractivity contribution in [2.24, 2.45) is 4.99 Å². The third kappa shape index (κ3) is 5.80. The van der Waals surface area contributed by atoms with Crippen molar-refractivity contribution in [3.63, 3.8) is 0 Å². The lowest BCUT2D eigenvalue weighted by molar-refractivity contribution is 0.102. The predicted molar refractivity (Wildman–Crippen MR) is 113 cm³/mol. The molecule has 7 nitrogen and oxygen atoms in total. The lowest BCUT2D eigenvalue weighted by Gasteiger charge is -2.11. The van der Waals surface area contributed by atoms with Crippen molar-refractivity contribution < 1.29 is 17.9 Å². The number of benzene rings is 2. The molecule has 0 unspecified atom stereocenters. The van der Waals surface area contributed by atoms with E-state index in [1.807, 2.05) is 6.92 Å². The number of anilines is 1. The van der Waals surface area contributed by atoms with Gasteiger partial charge in [-0.25, -0.2) is 8.42 Å². The summed E-state index contributed by atoms with van der Waals surface area (Å²) in [6.07, 6.45) is 3.60. The zero-order chi connectivity index (χ0) is 20.7. The molecule has 1 aliphatic heterocycles. The largest absolute Gasteiger partial charge is 0.494 e.